The highest BCUT2D eigenvalue weighted by Gasteiger charge is 2.35. The van der Waals surface area contributed by atoms with E-state index in [1.54, 1.807) is 0 Å². The highest BCUT2D eigenvalue weighted by Crippen LogP contribution is 2.49. The fourth-order valence-corrected chi connectivity index (χ4v) is 7.73. The number of hydrogen-bond donors (Lipinski definition) is 0. The fourth-order valence-electron chi connectivity index (χ4n) is 7.73. The Morgan fingerprint density at radius 2 is 1.08 bits per heavy atom. The zero-order valence-electron chi connectivity index (χ0n) is 27.7. The van der Waals surface area contributed by atoms with E-state index in [-0.39, 0.29) is 5.41 Å². The number of aromatic nitrogens is 3. The van der Waals surface area contributed by atoms with Crippen molar-refractivity contribution in [3.8, 4) is 56.3 Å². The number of hydrogen-bond acceptors (Lipinski definition) is 4. The van der Waals surface area contributed by atoms with Gasteiger partial charge >= 0.3 is 0 Å². The molecule has 0 spiro atoms. The normalized spacial score (nSPS) is 13.2. The predicted octanol–water partition coefficient (Wildman–Crippen LogP) is 11.9. The lowest BCUT2D eigenvalue weighted by atomic mass is 9.82. The summed E-state index contributed by atoms with van der Waals surface area (Å²) in [4.78, 5) is 15.5. The highest BCUT2D eigenvalue weighted by molar-refractivity contribution is 6.16. The Bertz CT molecular complexity index is 2780. The van der Waals surface area contributed by atoms with Crippen molar-refractivity contribution in [1.82, 2.24) is 15.0 Å². The number of nitrogens with zero attached hydrogens (tertiary/aromatic N) is 3. The molecular formula is C46H31N3O. The third kappa shape index (κ3) is 4.35. The highest BCUT2D eigenvalue weighted by atomic mass is 16.3. The Labute approximate surface area is 289 Å². The minimum Gasteiger partial charge on any atom is -0.454 e. The molecule has 0 N–H and O–H groups in total. The lowest BCUT2D eigenvalue weighted by molar-refractivity contribution is 0.660. The zero-order valence-corrected chi connectivity index (χ0v) is 27.7. The van der Waals surface area contributed by atoms with Crippen LogP contribution in [-0.4, -0.2) is 15.0 Å². The van der Waals surface area contributed by atoms with E-state index < -0.39 is 0 Å². The van der Waals surface area contributed by atoms with Gasteiger partial charge in [-0.25, -0.2) is 15.0 Å². The first kappa shape index (κ1) is 28.6. The molecule has 0 radical (unpaired) electrons. The largest absolute Gasteiger partial charge is 0.454 e. The van der Waals surface area contributed by atoms with Crippen molar-refractivity contribution in [2.45, 2.75) is 19.3 Å². The molecule has 0 unspecified atom stereocenters. The van der Waals surface area contributed by atoms with Crippen molar-refractivity contribution < 1.29 is 4.42 Å². The van der Waals surface area contributed by atoms with E-state index in [0.29, 0.717) is 5.82 Å². The first-order valence-electron chi connectivity index (χ1n) is 17.0. The van der Waals surface area contributed by atoms with E-state index in [0.717, 1.165) is 72.2 Å². The molecular weight excluding hydrogens is 611 g/mol. The van der Waals surface area contributed by atoms with E-state index in [1.165, 1.54) is 22.3 Å². The van der Waals surface area contributed by atoms with Crippen molar-refractivity contribution in [3.05, 3.63) is 163 Å². The molecule has 6 aromatic carbocycles. The van der Waals surface area contributed by atoms with Crippen LogP contribution in [0.4, 0.5) is 0 Å². The molecule has 0 fully saturated rings. The van der Waals surface area contributed by atoms with Crippen molar-refractivity contribution in [2.75, 3.05) is 0 Å². The van der Waals surface area contributed by atoms with Gasteiger partial charge < -0.3 is 4.42 Å². The third-order valence-corrected chi connectivity index (χ3v) is 10.3. The van der Waals surface area contributed by atoms with E-state index in [4.69, 9.17) is 19.4 Å². The van der Waals surface area contributed by atoms with E-state index in [2.05, 4.69) is 129 Å². The van der Waals surface area contributed by atoms with Crippen LogP contribution in [0.25, 0.3) is 89.1 Å². The molecule has 50 heavy (non-hydrogen) atoms. The maximum Gasteiger partial charge on any atom is 0.161 e. The van der Waals surface area contributed by atoms with Gasteiger partial charge in [0.05, 0.1) is 17.1 Å². The van der Waals surface area contributed by atoms with Gasteiger partial charge in [-0.15, -0.1) is 0 Å². The summed E-state index contributed by atoms with van der Waals surface area (Å²) in [6, 6.07) is 52.9. The average Bonchev–Trinajstić information content (AvgIpc) is 3.67. The molecule has 10 rings (SSSR count). The van der Waals surface area contributed by atoms with Crippen LogP contribution < -0.4 is 0 Å². The van der Waals surface area contributed by atoms with Gasteiger partial charge in [0.2, 0.25) is 0 Å². The monoisotopic (exact) mass is 641 g/mol. The maximum atomic E-state index is 6.30. The summed E-state index contributed by atoms with van der Waals surface area (Å²) in [5.74, 6) is 0.704. The molecule has 236 valence electrons. The lowest BCUT2D eigenvalue weighted by Crippen LogP contribution is -2.14. The quantitative estimate of drug-likeness (QED) is 0.192. The van der Waals surface area contributed by atoms with Gasteiger partial charge in [-0.1, -0.05) is 141 Å². The molecule has 3 heterocycles. The van der Waals surface area contributed by atoms with Crippen LogP contribution in [0.1, 0.15) is 25.0 Å². The van der Waals surface area contributed by atoms with Crippen LogP contribution in [0.15, 0.2) is 156 Å². The number of rotatable bonds is 4. The van der Waals surface area contributed by atoms with E-state index >= 15 is 0 Å². The topological polar surface area (TPSA) is 51.8 Å². The molecule has 4 heteroatoms. The van der Waals surface area contributed by atoms with Gasteiger partial charge in [-0.3, -0.25) is 0 Å². The Morgan fingerprint density at radius 1 is 0.460 bits per heavy atom. The summed E-state index contributed by atoms with van der Waals surface area (Å²) in [7, 11) is 0. The fraction of sp³-hybridized carbons (Fsp3) is 0.0652. The number of fused-ring (bicyclic) bond motifs is 8. The van der Waals surface area contributed by atoms with Crippen LogP contribution >= 0.6 is 0 Å². The molecule has 0 atom stereocenters. The van der Waals surface area contributed by atoms with Crippen LogP contribution in [0.2, 0.25) is 0 Å². The van der Waals surface area contributed by atoms with Crippen LogP contribution in [0.5, 0.6) is 0 Å². The van der Waals surface area contributed by atoms with Crippen molar-refractivity contribution >= 4 is 32.8 Å². The van der Waals surface area contributed by atoms with Gasteiger partial charge in [0.1, 0.15) is 11.1 Å². The number of benzene rings is 6. The van der Waals surface area contributed by atoms with Crippen molar-refractivity contribution in [2.24, 2.45) is 0 Å². The van der Waals surface area contributed by atoms with Crippen LogP contribution in [0.3, 0.4) is 0 Å². The second kappa shape index (κ2) is 10.8. The predicted molar refractivity (Wildman–Crippen MR) is 204 cm³/mol. The Hall–Kier alpha value is -6.39. The number of furan rings is 1. The summed E-state index contributed by atoms with van der Waals surface area (Å²) in [6.45, 7) is 4.63. The molecule has 0 aliphatic heterocycles. The van der Waals surface area contributed by atoms with Gasteiger partial charge in [0, 0.05) is 43.8 Å². The summed E-state index contributed by atoms with van der Waals surface area (Å²) in [5.41, 5.74) is 14.6. The Morgan fingerprint density at radius 3 is 1.90 bits per heavy atom. The first-order valence-corrected chi connectivity index (χ1v) is 17.0. The average molecular weight is 642 g/mol. The van der Waals surface area contributed by atoms with E-state index in [9.17, 15) is 0 Å². The van der Waals surface area contributed by atoms with Gasteiger partial charge in [0.25, 0.3) is 0 Å². The molecule has 1 aliphatic carbocycles. The third-order valence-electron chi connectivity index (χ3n) is 10.3. The maximum absolute atomic E-state index is 6.30. The van der Waals surface area contributed by atoms with E-state index in [1.807, 2.05) is 36.4 Å². The van der Waals surface area contributed by atoms with Crippen molar-refractivity contribution in [3.63, 3.8) is 0 Å². The number of pyridine rings is 1. The SMILES string of the molecule is CC1(C)c2ccccc2-c2ccc(-c3cc(-c4ccc(-c5nc6c7ccccc7oc6c6ccccc56)cc4)nc(-c4ccccc4)n3)cc21. The smallest absolute Gasteiger partial charge is 0.161 e. The molecule has 1 aliphatic rings. The molecule has 9 aromatic rings. The zero-order chi connectivity index (χ0) is 33.4. The van der Waals surface area contributed by atoms with Gasteiger partial charge in [0.15, 0.2) is 11.4 Å². The minimum absolute atomic E-state index is 0.0974. The molecule has 0 saturated carbocycles. The lowest BCUT2D eigenvalue weighted by Gasteiger charge is -2.22. The second-order valence-electron chi connectivity index (χ2n) is 13.6. The minimum atomic E-state index is -0.0974. The summed E-state index contributed by atoms with van der Waals surface area (Å²) in [5, 5.41) is 3.14. The van der Waals surface area contributed by atoms with Gasteiger partial charge in [-0.2, -0.15) is 0 Å². The standard InChI is InChI=1S/C46H31N3O/c1-46(2)37-18-10-8-14-32(37)33-25-24-31(26-38(33)46)40-27-39(47-45(48-40)30-12-4-3-5-13-30)28-20-22-29(23-21-28)42-34-15-6-7-16-35(34)44-43(49-42)36-17-9-11-19-41(36)50-44/h3-27H,1-2H3. The van der Waals surface area contributed by atoms with Crippen LogP contribution in [-0.2, 0) is 5.41 Å². The summed E-state index contributed by atoms with van der Waals surface area (Å²) < 4.78 is 6.30. The first-order chi connectivity index (χ1) is 24.5. The molecule has 0 bridgehead atoms. The van der Waals surface area contributed by atoms with Crippen LogP contribution in [0, 0.1) is 0 Å². The molecule has 3 aromatic heterocycles. The van der Waals surface area contributed by atoms with Gasteiger partial charge in [-0.05, 0) is 46.5 Å². The Balaban J connectivity index is 1.10. The molecule has 0 saturated heterocycles. The molecule has 4 nitrogen and oxygen atoms in total. The molecule has 0 amide bonds. The Kier molecular flexibility index (Phi) is 6.19. The second-order valence-corrected chi connectivity index (χ2v) is 13.6. The summed E-state index contributed by atoms with van der Waals surface area (Å²) >= 11 is 0. The summed E-state index contributed by atoms with van der Waals surface area (Å²) in [6.07, 6.45) is 0. The number of para-hydroxylation sites is 1. The van der Waals surface area contributed by atoms with Crippen molar-refractivity contribution in [1.29, 1.82) is 0 Å².